The molecule has 2 N–H and O–H groups in total. The van der Waals surface area contributed by atoms with E-state index in [-0.39, 0.29) is 16.7 Å². The lowest BCUT2D eigenvalue weighted by atomic mass is 10.1. The van der Waals surface area contributed by atoms with Crippen molar-refractivity contribution in [3.63, 3.8) is 0 Å². The van der Waals surface area contributed by atoms with Gasteiger partial charge in [-0.2, -0.15) is 0 Å². The lowest BCUT2D eigenvalue weighted by Gasteiger charge is -2.23. The van der Waals surface area contributed by atoms with Gasteiger partial charge in [0.25, 0.3) is 5.69 Å². The molecule has 5 nitrogen and oxygen atoms in total. The average Bonchev–Trinajstić information content (AvgIpc) is 2.28. The molecule has 0 saturated heterocycles. The molecule has 0 aliphatic heterocycles. The second-order valence-corrected chi connectivity index (χ2v) is 3.76. The normalized spacial score (nSPS) is 12.8. The zero-order chi connectivity index (χ0) is 12.1. The Kier molecular flexibility index (Phi) is 4.39. The summed E-state index contributed by atoms with van der Waals surface area (Å²) < 4.78 is 0. The molecule has 0 radical (unpaired) electrons. The Morgan fingerprint density at radius 2 is 2.12 bits per heavy atom. The van der Waals surface area contributed by atoms with E-state index >= 15 is 0 Å². The van der Waals surface area contributed by atoms with Crippen LogP contribution in [0.5, 0.6) is 0 Å². The first-order valence-corrected chi connectivity index (χ1v) is 5.21. The number of nitro benzene ring substituents is 1. The van der Waals surface area contributed by atoms with Crippen LogP contribution in [-0.2, 0) is 0 Å². The van der Waals surface area contributed by atoms with Gasteiger partial charge in [-0.3, -0.25) is 15.0 Å². The van der Waals surface area contributed by atoms with Gasteiger partial charge in [0.15, 0.2) is 0 Å². The van der Waals surface area contributed by atoms with Crippen molar-refractivity contribution in [3.05, 3.63) is 39.9 Å². The zero-order valence-corrected chi connectivity index (χ0v) is 9.59. The maximum Gasteiger partial charge on any atom is 0.274 e. The number of nitrogens with two attached hydrogens (primary N) is 1. The first kappa shape index (κ1) is 12.6. The van der Waals surface area contributed by atoms with E-state index < -0.39 is 0 Å². The van der Waals surface area contributed by atoms with Crippen molar-refractivity contribution in [3.8, 4) is 0 Å². The maximum absolute atomic E-state index is 10.9. The Bertz CT molecular complexity index is 368. The van der Waals surface area contributed by atoms with Crippen LogP contribution in [0.1, 0.15) is 18.5 Å². The van der Waals surface area contributed by atoms with Crippen LogP contribution >= 0.6 is 0 Å². The Morgan fingerprint density at radius 3 is 2.69 bits per heavy atom. The van der Waals surface area contributed by atoms with Crippen molar-refractivity contribution in [2.24, 2.45) is 5.73 Å². The number of hydrogen-bond acceptors (Lipinski definition) is 4. The van der Waals surface area contributed by atoms with Crippen LogP contribution in [-0.4, -0.2) is 30.0 Å². The second-order valence-electron chi connectivity index (χ2n) is 3.76. The quantitative estimate of drug-likeness (QED) is 0.607. The number of nitrogens with zero attached hydrogens (tertiary/aromatic N) is 2. The van der Waals surface area contributed by atoms with Crippen LogP contribution in [0.15, 0.2) is 24.3 Å². The summed E-state index contributed by atoms with van der Waals surface area (Å²) in [5.41, 5.74) is 6.36. The van der Waals surface area contributed by atoms with Crippen LogP contribution in [0, 0.1) is 10.1 Å². The average molecular weight is 223 g/mol. The van der Waals surface area contributed by atoms with Crippen LogP contribution in [0.25, 0.3) is 0 Å². The summed E-state index contributed by atoms with van der Waals surface area (Å²) in [6.45, 7) is 3.20. The van der Waals surface area contributed by atoms with Crippen LogP contribution in [0.3, 0.4) is 0 Å². The van der Waals surface area contributed by atoms with Crippen molar-refractivity contribution in [1.82, 2.24) is 4.90 Å². The molecule has 0 aliphatic carbocycles. The van der Waals surface area contributed by atoms with E-state index in [0.29, 0.717) is 13.1 Å². The highest BCUT2D eigenvalue weighted by Crippen LogP contribution is 2.27. The Labute approximate surface area is 95.0 Å². The van der Waals surface area contributed by atoms with E-state index in [1.807, 2.05) is 24.9 Å². The van der Waals surface area contributed by atoms with Crippen LogP contribution in [0.2, 0.25) is 0 Å². The summed E-state index contributed by atoms with van der Waals surface area (Å²) in [5, 5.41) is 10.9. The molecule has 0 aliphatic rings. The highest BCUT2D eigenvalue weighted by molar-refractivity contribution is 5.41. The molecule has 0 fully saturated rings. The largest absolute Gasteiger partial charge is 0.329 e. The molecule has 0 heterocycles. The van der Waals surface area contributed by atoms with Crippen molar-refractivity contribution in [2.45, 2.75) is 13.0 Å². The molecular formula is C11H17N3O2. The van der Waals surface area contributed by atoms with E-state index in [4.69, 9.17) is 5.73 Å². The molecule has 16 heavy (non-hydrogen) atoms. The minimum Gasteiger partial charge on any atom is -0.329 e. The third kappa shape index (κ3) is 2.77. The molecule has 5 heteroatoms. The summed E-state index contributed by atoms with van der Waals surface area (Å²) >= 11 is 0. The fourth-order valence-corrected chi connectivity index (χ4v) is 1.64. The molecule has 1 rings (SSSR count). The Morgan fingerprint density at radius 1 is 1.50 bits per heavy atom. The number of rotatable bonds is 5. The van der Waals surface area contributed by atoms with Crippen molar-refractivity contribution < 1.29 is 4.92 Å². The summed E-state index contributed by atoms with van der Waals surface area (Å²) in [6, 6.07) is 6.80. The maximum atomic E-state index is 10.9. The molecule has 1 aromatic carbocycles. The summed E-state index contributed by atoms with van der Waals surface area (Å²) in [4.78, 5) is 12.5. The number of nitro groups is 1. The SMILES string of the molecule is CC(c1ccccc1[N+](=O)[O-])N(C)CCN. The molecule has 0 spiro atoms. The highest BCUT2D eigenvalue weighted by atomic mass is 16.6. The minimum atomic E-state index is -0.345. The standard InChI is InChI=1S/C11H17N3O2/c1-9(13(2)8-7-12)10-5-3-4-6-11(10)14(15)16/h3-6,9H,7-8,12H2,1-2H3. The number of para-hydroxylation sites is 1. The number of likely N-dealkylation sites (N-methyl/N-ethyl adjacent to an activating group) is 1. The zero-order valence-electron chi connectivity index (χ0n) is 9.59. The summed E-state index contributed by atoms with van der Waals surface area (Å²) in [6.07, 6.45) is 0. The van der Waals surface area contributed by atoms with Gasteiger partial charge in [0.1, 0.15) is 0 Å². The first-order valence-electron chi connectivity index (χ1n) is 5.21. The molecule has 0 saturated carbocycles. The van der Waals surface area contributed by atoms with Gasteiger partial charge in [-0.05, 0) is 14.0 Å². The Hall–Kier alpha value is -1.46. The van der Waals surface area contributed by atoms with Gasteiger partial charge >= 0.3 is 0 Å². The Balaban J connectivity index is 2.98. The van der Waals surface area contributed by atoms with E-state index in [2.05, 4.69) is 0 Å². The first-order chi connectivity index (χ1) is 7.57. The molecule has 1 aromatic rings. The third-order valence-corrected chi connectivity index (χ3v) is 2.73. The predicted molar refractivity (Wildman–Crippen MR) is 63.2 cm³/mol. The van der Waals surface area contributed by atoms with Gasteiger partial charge in [0.2, 0.25) is 0 Å². The molecule has 0 bridgehead atoms. The molecule has 88 valence electrons. The van der Waals surface area contributed by atoms with Gasteiger partial charge in [-0.1, -0.05) is 18.2 Å². The highest BCUT2D eigenvalue weighted by Gasteiger charge is 2.20. The van der Waals surface area contributed by atoms with E-state index in [1.165, 1.54) is 6.07 Å². The van der Waals surface area contributed by atoms with Gasteiger partial charge in [-0.25, -0.2) is 0 Å². The number of benzene rings is 1. The summed E-state index contributed by atoms with van der Waals surface area (Å²) in [5.74, 6) is 0. The van der Waals surface area contributed by atoms with Gasteiger partial charge in [0, 0.05) is 30.8 Å². The van der Waals surface area contributed by atoms with Gasteiger partial charge in [0.05, 0.1) is 4.92 Å². The number of hydrogen-bond donors (Lipinski definition) is 1. The minimum absolute atomic E-state index is 0.00912. The molecular weight excluding hydrogens is 206 g/mol. The lowest BCUT2D eigenvalue weighted by molar-refractivity contribution is -0.385. The van der Waals surface area contributed by atoms with Crippen molar-refractivity contribution in [1.29, 1.82) is 0 Å². The van der Waals surface area contributed by atoms with Gasteiger partial charge in [-0.15, -0.1) is 0 Å². The monoisotopic (exact) mass is 223 g/mol. The fraction of sp³-hybridized carbons (Fsp3) is 0.455. The molecule has 0 aromatic heterocycles. The van der Waals surface area contributed by atoms with E-state index in [9.17, 15) is 10.1 Å². The van der Waals surface area contributed by atoms with E-state index in [0.717, 1.165) is 5.56 Å². The third-order valence-electron chi connectivity index (χ3n) is 2.73. The smallest absolute Gasteiger partial charge is 0.274 e. The topological polar surface area (TPSA) is 72.4 Å². The summed E-state index contributed by atoms with van der Waals surface area (Å²) in [7, 11) is 1.91. The van der Waals surface area contributed by atoms with Gasteiger partial charge < -0.3 is 5.73 Å². The van der Waals surface area contributed by atoms with Crippen LogP contribution < -0.4 is 5.73 Å². The molecule has 1 unspecified atom stereocenters. The van der Waals surface area contributed by atoms with E-state index in [1.54, 1.807) is 12.1 Å². The van der Waals surface area contributed by atoms with Crippen molar-refractivity contribution >= 4 is 5.69 Å². The fourth-order valence-electron chi connectivity index (χ4n) is 1.64. The molecule has 1 atom stereocenters. The molecule has 0 amide bonds. The predicted octanol–water partition coefficient (Wildman–Crippen LogP) is 1.55. The van der Waals surface area contributed by atoms with Crippen molar-refractivity contribution in [2.75, 3.05) is 20.1 Å². The van der Waals surface area contributed by atoms with Crippen LogP contribution in [0.4, 0.5) is 5.69 Å². The second kappa shape index (κ2) is 5.58. The lowest BCUT2D eigenvalue weighted by Crippen LogP contribution is -2.28.